The summed E-state index contributed by atoms with van der Waals surface area (Å²) >= 11 is 0. The zero-order chi connectivity index (χ0) is 16.9. The van der Waals surface area contributed by atoms with Crippen LogP contribution in [0, 0.1) is 0 Å². The number of ether oxygens (including phenoxy) is 1. The second-order valence-corrected chi connectivity index (χ2v) is 4.79. The minimum Gasteiger partial charge on any atom is -0.480 e. The van der Waals surface area contributed by atoms with Crippen molar-refractivity contribution in [1.29, 1.82) is 0 Å². The van der Waals surface area contributed by atoms with Gasteiger partial charge in [0.15, 0.2) is 30.2 Å². The van der Waals surface area contributed by atoms with Crippen LogP contribution >= 0.6 is 0 Å². The first kappa shape index (κ1) is 15.4. The molecule has 9 heteroatoms. The number of nitrogens with zero attached hydrogens (tertiary/aromatic N) is 2. The number of anilines is 1. The topological polar surface area (TPSA) is 120 Å². The summed E-state index contributed by atoms with van der Waals surface area (Å²) in [5.74, 6) is 1.01. The standard InChI is InChI=1S/C8H6N2O3.C7H6N2O2/c11-3-5-1-2-6-8(9-5)10-7(12)4-13-6;10-7-4-5-6(11-9-7)2-1-3-8-5/h1-3H,4H2,(H,9,10,12);1-3H,4H2,(H,9,10). The Balaban J connectivity index is 0.000000143. The number of rotatable bonds is 1. The summed E-state index contributed by atoms with van der Waals surface area (Å²) in [6.45, 7) is -0.00485. The van der Waals surface area contributed by atoms with Crippen LogP contribution < -0.4 is 20.4 Å². The second-order valence-electron chi connectivity index (χ2n) is 4.79. The Morgan fingerprint density at radius 2 is 2.00 bits per heavy atom. The molecule has 2 amide bonds. The minimum absolute atomic E-state index is 0.00485. The Bertz CT molecular complexity index is 808. The van der Waals surface area contributed by atoms with Gasteiger partial charge in [-0.3, -0.25) is 19.4 Å². The molecule has 0 spiro atoms. The van der Waals surface area contributed by atoms with Crippen LogP contribution in [0.2, 0.25) is 0 Å². The van der Waals surface area contributed by atoms with Crippen LogP contribution in [0.1, 0.15) is 16.2 Å². The zero-order valence-electron chi connectivity index (χ0n) is 12.3. The number of fused-ring (bicyclic) bond motifs is 2. The van der Waals surface area contributed by atoms with Crippen LogP contribution in [0.15, 0.2) is 30.5 Å². The summed E-state index contributed by atoms with van der Waals surface area (Å²) in [5.41, 5.74) is 3.22. The summed E-state index contributed by atoms with van der Waals surface area (Å²) in [6.07, 6.45) is 2.55. The number of amides is 2. The first-order valence-electron chi connectivity index (χ1n) is 6.94. The molecule has 2 aliphatic heterocycles. The molecule has 0 aliphatic carbocycles. The first-order chi connectivity index (χ1) is 11.7. The smallest absolute Gasteiger partial charge is 0.263 e. The molecule has 4 rings (SSSR count). The molecule has 0 radical (unpaired) electrons. The Morgan fingerprint density at radius 3 is 2.83 bits per heavy atom. The van der Waals surface area contributed by atoms with Gasteiger partial charge in [-0.1, -0.05) is 0 Å². The van der Waals surface area contributed by atoms with E-state index in [0.717, 1.165) is 0 Å². The molecule has 122 valence electrons. The van der Waals surface area contributed by atoms with Crippen molar-refractivity contribution in [2.24, 2.45) is 0 Å². The molecule has 0 atom stereocenters. The molecule has 4 heterocycles. The number of hydroxylamine groups is 1. The van der Waals surface area contributed by atoms with Crippen molar-refractivity contribution in [3.05, 3.63) is 41.9 Å². The van der Waals surface area contributed by atoms with Gasteiger partial charge in [0.1, 0.15) is 5.69 Å². The van der Waals surface area contributed by atoms with E-state index in [1.54, 1.807) is 24.4 Å². The number of aromatic nitrogens is 2. The largest absolute Gasteiger partial charge is 0.480 e. The van der Waals surface area contributed by atoms with Gasteiger partial charge in [-0.05, 0) is 24.3 Å². The van der Waals surface area contributed by atoms with Gasteiger partial charge in [0.2, 0.25) is 0 Å². The fourth-order valence-corrected chi connectivity index (χ4v) is 1.99. The molecule has 0 aromatic carbocycles. The lowest BCUT2D eigenvalue weighted by Gasteiger charge is -2.16. The third kappa shape index (κ3) is 3.46. The quantitative estimate of drug-likeness (QED) is 0.721. The number of nitrogens with one attached hydrogen (secondary N) is 2. The van der Waals surface area contributed by atoms with E-state index in [1.165, 1.54) is 6.07 Å². The fraction of sp³-hybridized carbons (Fsp3) is 0.133. The van der Waals surface area contributed by atoms with Crippen molar-refractivity contribution in [3.8, 4) is 11.5 Å². The van der Waals surface area contributed by atoms with Crippen molar-refractivity contribution < 1.29 is 24.0 Å². The van der Waals surface area contributed by atoms with Crippen LogP contribution in [0.3, 0.4) is 0 Å². The zero-order valence-corrected chi connectivity index (χ0v) is 12.3. The highest BCUT2D eigenvalue weighted by Crippen LogP contribution is 2.24. The highest BCUT2D eigenvalue weighted by molar-refractivity contribution is 5.94. The van der Waals surface area contributed by atoms with E-state index >= 15 is 0 Å². The predicted molar refractivity (Wildman–Crippen MR) is 80.5 cm³/mol. The number of hydrogen-bond donors (Lipinski definition) is 2. The molecular weight excluding hydrogens is 316 g/mol. The van der Waals surface area contributed by atoms with E-state index in [0.29, 0.717) is 35.7 Å². The van der Waals surface area contributed by atoms with E-state index in [9.17, 15) is 14.4 Å². The monoisotopic (exact) mass is 328 g/mol. The summed E-state index contributed by atoms with van der Waals surface area (Å²) in [6, 6.07) is 6.66. The van der Waals surface area contributed by atoms with Gasteiger partial charge >= 0.3 is 0 Å². The van der Waals surface area contributed by atoms with E-state index in [4.69, 9.17) is 9.57 Å². The highest BCUT2D eigenvalue weighted by Gasteiger charge is 2.17. The molecule has 2 aliphatic rings. The lowest BCUT2D eigenvalue weighted by molar-refractivity contribution is -0.128. The van der Waals surface area contributed by atoms with Crippen LogP contribution in [0.5, 0.6) is 11.5 Å². The van der Waals surface area contributed by atoms with Crippen molar-refractivity contribution in [3.63, 3.8) is 0 Å². The number of aldehydes is 1. The van der Waals surface area contributed by atoms with Crippen LogP contribution in [0.25, 0.3) is 0 Å². The summed E-state index contributed by atoms with van der Waals surface area (Å²) in [7, 11) is 0. The van der Waals surface area contributed by atoms with Gasteiger partial charge in [-0.2, -0.15) is 5.48 Å². The van der Waals surface area contributed by atoms with Crippen LogP contribution in [-0.2, 0) is 16.0 Å². The first-order valence-corrected chi connectivity index (χ1v) is 6.94. The molecule has 0 saturated heterocycles. The molecular formula is C15H12N4O5. The normalized spacial score (nSPS) is 14.3. The van der Waals surface area contributed by atoms with Gasteiger partial charge in [-0.15, -0.1) is 0 Å². The predicted octanol–water partition coefficient (Wildman–Crippen LogP) is 0.273. The Kier molecular flexibility index (Phi) is 4.32. The Hall–Kier alpha value is -3.49. The van der Waals surface area contributed by atoms with Gasteiger partial charge in [0.25, 0.3) is 11.8 Å². The molecule has 2 aromatic heterocycles. The molecule has 0 bridgehead atoms. The highest BCUT2D eigenvalue weighted by atomic mass is 16.7. The fourth-order valence-electron chi connectivity index (χ4n) is 1.99. The number of carbonyl (C=O) groups is 3. The van der Waals surface area contributed by atoms with Gasteiger partial charge in [0.05, 0.1) is 12.1 Å². The second kappa shape index (κ2) is 6.73. The van der Waals surface area contributed by atoms with Gasteiger partial charge < -0.3 is 14.9 Å². The van der Waals surface area contributed by atoms with E-state index < -0.39 is 0 Å². The van der Waals surface area contributed by atoms with Crippen molar-refractivity contribution >= 4 is 23.9 Å². The third-order valence-corrected chi connectivity index (χ3v) is 3.07. The SMILES string of the molecule is O=C1Cc2ncccc2ON1.O=Cc1ccc2c(n1)NC(=O)CO2. The molecule has 0 saturated carbocycles. The van der Waals surface area contributed by atoms with E-state index in [-0.39, 0.29) is 24.1 Å². The van der Waals surface area contributed by atoms with E-state index in [2.05, 4.69) is 20.8 Å². The van der Waals surface area contributed by atoms with Crippen molar-refractivity contribution in [2.45, 2.75) is 6.42 Å². The molecule has 2 N–H and O–H groups in total. The Morgan fingerprint density at radius 1 is 1.12 bits per heavy atom. The third-order valence-electron chi connectivity index (χ3n) is 3.07. The van der Waals surface area contributed by atoms with E-state index in [1.807, 2.05) is 0 Å². The molecule has 0 unspecified atom stereocenters. The molecule has 0 fully saturated rings. The van der Waals surface area contributed by atoms with Gasteiger partial charge in [-0.25, -0.2) is 4.98 Å². The van der Waals surface area contributed by atoms with Crippen molar-refractivity contribution in [1.82, 2.24) is 15.4 Å². The van der Waals surface area contributed by atoms with Crippen molar-refractivity contribution in [2.75, 3.05) is 11.9 Å². The molecule has 2 aromatic rings. The number of carbonyl (C=O) groups excluding carboxylic acids is 3. The molecule has 9 nitrogen and oxygen atoms in total. The summed E-state index contributed by atoms with van der Waals surface area (Å²) in [5, 5.41) is 2.50. The Labute approximate surface area is 136 Å². The summed E-state index contributed by atoms with van der Waals surface area (Å²) < 4.78 is 5.04. The van der Waals surface area contributed by atoms with Crippen LogP contribution in [0.4, 0.5) is 5.82 Å². The molecule has 24 heavy (non-hydrogen) atoms. The lowest BCUT2D eigenvalue weighted by Crippen LogP contribution is -2.33. The maximum absolute atomic E-state index is 10.9. The average molecular weight is 328 g/mol. The average Bonchev–Trinajstić information content (AvgIpc) is 2.61. The van der Waals surface area contributed by atoms with Crippen LogP contribution in [-0.4, -0.2) is 34.7 Å². The number of pyridine rings is 2. The number of hydrogen-bond acceptors (Lipinski definition) is 7. The minimum atomic E-state index is -0.261. The lowest BCUT2D eigenvalue weighted by atomic mass is 10.2. The van der Waals surface area contributed by atoms with Gasteiger partial charge in [0, 0.05) is 6.20 Å². The maximum Gasteiger partial charge on any atom is 0.263 e. The summed E-state index contributed by atoms with van der Waals surface area (Å²) in [4.78, 5) is 44.7. The maximum atomic E-state index is 10.9.